The number of Topliss-reactive ketones (excluding diaryl/α,β-unsaturated/α-hetero) is 1. The van der Waals surface area contributed by atoms with Crippen molar-refractivity contribution >= 4 is 41.5 Å². The van der Waals surface area contributed by atoms with Crippen LogP contribution in [-0.4, -0.2) is 88.3 Å². The summed E-state index contributed by atoms with van der Waals surface area (Å²) in [4.78, 5) is 94.0. The second-order valence-corrected chi connectivity index (χ2v) is 15.0. The zero-order chi connectivity index (χ0) is 39.4. The molecule has 0 spiro atoms. The average molecular weight is 748 g/mol. The van der Waals surface area contributed by atoms with Crippen molar-refractivity contribution in [1.29, 1.82) is 0 Å². The maximum atomic E-state index is 14.5. The third-order valence-corrected chi connectivity index (χ3v) is 9.75. The van der Waals surface area contributed by atoms with Crippen molar-refractivity contribution in [1.82, 2.24) is 26.2 Å². The normalized spacial score (nSPS) is 19.1. The number of benzene rings is 2. The second kappa shape index (κ2) is 19.2. The minimum atomic E-state index is -1.37. The molecule has 5 N–H and O–H groups in total. The van der Waals surface area contributed by atoms with Gasteiger partial charge >= 0.3 is 12.1 Å². The van der Waals surface area contributed by atoms with Gasteiger partial charge in [-0.1, -0.05) is 93.3 Å². The fourth-order valence-corrected chi connectivity index (χ4v) is 7.13. The van der Waals surface area contributed by atoms with Crippen LogP contribution in [0.3, 0.4) is 0 Å². The van der Waals surface area contributed by atoms with Gasteiger partial charge in [0.05, 0.1) is 12.6 Å². The summed E-state index contributed by atoms with van der Waals surface area (Å²) in [6, 6.07) is 12.9. The van der Waals surface area contributed by atoms with Gasteiger partial charge in [0.2, 0.25) is 23.5 Å². The van der Waals surface area contributed by atoms with Gasteiger partial charge < -0.3 is 36.0 Å². The number of ketones is 1. The van der Waals surface area contributed by atoms with Crippen molar-refractivity contribution in [2.45, 2.75) is 115 Å². The molecular weight excluding hydrogens is 694 g/mol. The summed E-state index contributed by atoms with van der Waals surface area (Å²) in [5, 5.41) is 19.7. The number of carbonyl (C=O) groups is 7. The van der Waals surface area contributed by atoms with Gasteiger partial charge in [0, 0.05) is 12.5 Å². The van der Waals surface area contributed by atoms with Gasteiger partial charge in [-0.2, -0.15) is 0 Å². The Morgan fingerprint density at radius 1 is 0.870 bits per heavy atom. The number of carbonyl (C=O) groups excluding carboxylic acids is 6. The Morgan fingerprint density at radius 3 is 2.09 bits per heavy atom. The number of likely N-dealkylation sites (tertiary alicyclic amines) is 1. The first-order valence-corrected chi connectivity index (χ1v) is 18.7. The number of hydrogen-bond donors (Lipinski definition) is 5. The van der Waals surface area contributed by atoms with Crippen LogP contribution in [0.4, 0.5) is 4.79 Å². The largest absolute Gasteiger partial charge is 0.479 e. The van der Waals surface area contributed by atoms with Crippen LogP contribution in [0, 0.1) is 5.92 Å². The predicted molar refractivity (Wildman–Crippen MR) is 199 cm³/mol. The quantitative estimate of drug-likeness (QED) is 0.168. The van der Waals surface area contributed by atoms with E-state index in [1.54, 1.807) is 45.9 Å². The highest BCUT2D eigenvalue weighted by atomic mass is 16.6. The molecule has 2 aromatic rings. The van der Waals surface area contributed by atoms with E-state index in [0.717, 1.165) is 37.7 Å². The molecule has 2 aromatic carbocycles. The molecule has 2 aliphatic rings. The Balaban J connectivity index is 1.50. The Bertz CT molecular complexity index is 1640. The summed E-state index contributed by atoms with van der Waals surface area (Å²) in [7, 11) is 0. The Morgan fingerprint density at radius 2 is 1.50 bits per heavy atom. The van der Waals surface area contributed by atoms with E-state index in [-0.39, 0.29) is 31.2 Å². The molecule has 1 aliphatic heterocycles. The minimum absolute atomic E-state index is 0.104. The van der Waals surface area contributed by atoms with Crippen LogP contribution >= 0.6 is 0 Å². The number of carboxylic acid groups (broad SMARTS) is 1. The number of hydrogen-bond acceptors (Lipinski definition) is 8. The maximum absolute atomic E-state index is 14.5. The lowest BCUT2D eigenvalue weighted by atomic mass is 9.83. The van der Waals surface area contributed by atoms with E-state index in [1.807, 2.05) is 30.3 Å². The van der Waals surface area contributed by atoms with Gasteiger partial charge in [-0.15, -0.1) is 0 Å². The summed E-state index contributed by atoms with van der Waals surface area (Å²) in [6.45, 7) is 6.51. The Hall–Kier alpha value is -5.27. The fourth-order valence-electron chi connectivity index (χ4n) is 7.13. The maximum Gasteiger partial charge on any atom is 0.408 e. The standard InChI is InChI=1S/C40H53N5O9/c1-5-15-29(34(47)36(49)41-23-31(46)43-33(38(51)52)27-20-13-8-14-21-27)42-35(48)30-22-28(25-16-9-6-10-17-25)24-45(30)37(50)32(26-18-11-7-12-19-26)44-39(53)54-40(2,3)4/h6,8-10,13-14,16-17,20-21,26,28-30,32-33H,5,7,11-12,15,18-19,22-24H2,1-4H3,(H,41,49)(H,42,48)(H,43,46)(H,44,53)(H,51,52). The van der Waals surface area contributed by atoms with Crippen LogP contribution in [-0.2, 0) is 33.5 Å². The molecule has 1 saturated carbocycles. The Labute approximate surface area is 316 Å². The fraction of sp³-hybridized carbons (Fsp3) is 0.525. The molecule has 5 amide bonds. The molecule has 14 nitrogen and oxygen atoms in total. The molecule has 5 atom stereocenters. The number of carboxylic acids is 1. The molecule has 292 valence electrons. The van der Waals surface area contributed by atoms with Crippen molar-refractivity contribution in [3.63, 3.8) is 0 Å². The molecule has 4 rings (SSSR count). The van der Waals surface area contributed by atoms with Crippen LogP contribution in [0.2, 0.25) is 0 Å². The van der Waals surface area contributed by atoms with E-state index < -0.39 is 77.8 Å². The zero-order valence-corrected chi connectivity index (χ0v) is 31.5. The van der Waals surface area contributed by atoms with Crippen molar-refractivity contribution < 1.29 is 43.4 Å². The van der Waals surface area contributed by atoms with Gasteiger partial charge in [0.25, 0.3) is 5.91 Å². The topological polar surface area (TPSA) is 200 Å². The van der Waals surface area contributed by atoms with Gasteiger partial charge in [-0.05, 0) is 63.5 Å². The SMILES string of the molecule is CCCC(NC(=O)C1CC(c2ccccc2)CN1C(=O)C(NC(=O)OC(C)(C)C)C1CCCCC1)C(=O)C(=O)NCC(=O)NC(C(=O)O)c1ccccc1. The van der Waals surface area contributed by atoms with E-state index in [4.69, 9.17) is 4.74 Å². The van der Waals surface area contributed by atoms with Gasteiger partial charge in [-0.25, -0.2) is 9.59 Å². The third kappa shape index (κ3) is 11.6. The average Bonchev–Trinajstić information content (AvgIpc) is 3.60. The van der Waals surface area contributed by atoms with Crippen LogP contribution in [0.15, 0.2) is 60.7 Å². The van der Waals surface area contributed by atoms with Crippen molar-refractivity contribution in [3.05, 3.63) is 71.8 Å². The molecule has 2 fully saturated rings. The molecule has 54 heavy (non-hydrogen) atoms. The lowest BCUT2D eigenvalue weighted by Crippen LogP contribution is -2.58. The van der Waals surface area contributed by atoms with Crippen LogP contribution in [0.25, 0.3) is 0 Å². The van der Waals surface area contributed by atoms with Crippen LogP contribution in [0.1, 0.15) is 102 Å². The van der Waals surface area contributed by atoms with E-state index in [9.17, 15) is 38.7 Å². The second-order valence-electron chi connectivity index (χ2n) is 15.0. The van der Waals surface area contributed by atoms with Crippen LogP contribution < -0.4 is 21.3 Å². The van der Waals surface area contributed by atoms with Crippen molar-refractivity contribution in [3.8, 4) is 0 Å². The van der Waals surface area contributed by atoms with E-state index in [2.05, 4.69) is 21.3 Å². The van der Waals surface area contributed by atoms with Crippen molar-refractivity contribution in [2.24, 2.45) is 5.92 Å². The van der Waals surface area contributed by atoms with Gasteiger partial charge in [0.15, 0.2) is 6.04 Å². The number of nitrogens with zero attached hydrogens (tertiary/aromatic N) is 1. The predicted octanol–water partition coefficient (Wildman–Crippen LogP) is 3.76. The molecule has 1 aliphatic carbocycles. The zero-order valence-electron chi connectivity index (χ0n) is 31.5. The number of alkyl carbamates (subject to hydrolysis) is 1. The first-order valence-electron chi connectivity index (χ1n) is 18.7. The van der Waals surface area contributed by atoms with Crippen molar-refractivity contribution in [2.75, 3.05) is 13.1 Å². The molecule has 0 aromatic heterocycles. The van der Waals surface area contributed by atoms with E-state index in [0.29, 0.717) is 12.0 Å². The summed E-state index contributed by atoms with van der Waals surface area (Å²) in [6.07, 6.45) is 4.33. The smallest absolute Gasteiger partial charge is 0.408 e. The lowest BCUT2D eigenvalue weighted by Gasteiger charge is -2.35. The number of ether oxygens (including phenoxy) is 1. The number of rotatable bonds is 15. The highest BCUT2D eigenvalue weighted by molar-refractivity contribution is 6.38. The Kier molecular flexibility index (Phi) is 14.7. The van der Waals surface area contributed by atoms with Crippen LogP contribution in [0.5, 0.6) is 0 Å². The highest BCUT2D eigenvalue weighted by Crippen LogP contribution is 2.35. The summed E-state index contributed by atoms with van der Waals surface area (Å²) < 4.78 is 5.52. The molecular formula is C40H53N5O9. The van der Waals surface area contributed by atoms with E-state index >= 15 is 0 Å². The molecule has 1 heterocycles. The molecule has 0 bridgehead atoms. The van der Waals surface area contributed by atoms with E-state index in [1.165, 1.54) is 17.0 Å². The van der Waals surface area contributed by atoms with Gasteiger partial charge in [0.1, 0.15) is 17.7 Å². The molecule has 1 saturated heterocycles. The van der Waals surface area contributed by atoms with Gasteiger partial charge in [-0.3, -0.25) is 24.0 Å². The first-order chi connectivity index (χ1) is 25.7. The first kappa shape index (κ1) is 41.5. The molecule has 0 radical (unpaired) electrons. The molecule has 14 heteroatoms. The highest BCUT2D eigenvalue weighted by Gasteiger charge is 2.45. The number of nitrogens with one attached hydrogen (secondary N) is 4. The number of amides is 5. The third-order valence-electron chi connectivity index (χ3n) is 9.75. The monoisotopic (exact) mass is 747 g/mol. The minimum Gasteiger partial charge on any atom is -0.479 e. The summed E-state index contributed by atoms with van der Waals surface area (Å²) >= 11 is 0. The molecule has 5 unspecified atom stereocenters. The summed E-state index contributed by atoms with van der Waals surface area (Å²) in [5.41, 5.74) is 0.459. The lowest BCUT2D eigenvalue weighted by molar-refractivity contribution is -0.144. The number of aliphatic carboxylic acids is 1. The summed E-state index contributed by atoms with van der Waals surface area (Å²) in [5.74, 6) is -5.66.